The molecule has 2 aromatic rings. The standard InChI is InChI=1S/C14H16N4O3/c1-9-4-6-11(7-5-9)18-10(2)13(15-16-18)14(21)17(3)8-12(19)20/h4-7H,8H2,1-3H3,(H,19,20). The van der Waals surface area contributed by atoms with Gasteiger partial charge < -0.3 is 10.0 Å². The van der Waals surface area contributed by atoms with Crippen molar-refractivity contribution in [1.29, 1.82) is 0 Å². The highest BCUT2D eigenvalue weighted by molar-refractivity contribution is 5.94. The van der Waals surface area contributed by atoms with E-state index in [4.69, 9.17) is 5.11 Å². The number of nitrogens with zero attached hydrogens (tertiary/aromatic N) is 4. The Bertz CT molecular complexity index is 676. The molecule has 1 N–H and O–H groups in total. The van der Waals surface area contributed by atoms with Gasteiger partial charge in [-0.3, -0.25) is 9.59 Å². The van der Waals surface area contributed by atoms with Crippen LogP contribution in [0.15, 0.2) is 24.3 Å². The van der Waals surface area contributed by atoms with Crippen LogP contribution in [0.2, 0.25) is 0 Å². The molecule has 0 fully saturated rings. The van der Waals surface area contributed by atoms with E-state index < -0.39 is 11.9 Å². The number of likely N-dealkylation sites (N-methyl/N-ethyl adjacent to an activating group) is 1. The molecule has 0 saturated carbocycles. The van der Waals surface area contributed by atoms with Crippen molar-refractivity contribution < 1.29 is 14.7 Å². The molecule has 1 aromatic carbocycles. The summed E-state index contributed by atoms with van der Waals surface area (Å²) in [4.78, 5) is 23.9. The molecule has 0 spiro atoms. The Kier molecular flexibility index (Phi) is 4.02. The van der Waals surface area contributed by atoms with E-state index in [1.807, 2.05) is 31.2 Å². The molecule has 7 nitrogen and oxygen atoms in total. The third-order valence-electron chi connectivity index (χ3n) is 3.09. The molecule has 0 aliphatic rings. The second kappa shape index (κ2) is 5.74. The van der Waals surface area contributed by atoms with Gasteiger partial charge in [-0.15, -0.1) is 5.10 Å². The monoisotopic (exact) mass is 288 g/mol. The van der Waals surface area contributed by atoms with Crippen molar-refractivity contribution in [2.75, 3.05) is 13.6 Å². The number of hydrogen-bond acceptors (Lipinski definition) is 4. The summed E-state index contributed by atoms with van der Waals surface area (Å²) in [5.41, 5.74) is 2.64. The van der Waals surface area contributed by atoms with E-state index in [9.17, 15) is 9.59 Å². The Morgan fingerprint density at radius 3 is 2.43 bits per heavy atom. The number of carbonyl (C=O) groups is 2. The highest BCUT2D eigenvalue weighted by Gasteiger charge is 2.21. The molecule has 1 amide bonds. The summed E-state index contributed by atoms with van der Waals surface area (Å²) in [7, 11) is 1.42. The number of aliphatic carboxylic acids is 1. The number of rotatable bonds is 4. The van der Waals surface area contributed by atoms with Crippen molar-refractivity contribution in [1.82, 2.24) is 19.9 Å². The van der Waals surface area contributed by atoms with Crippen LogP contribution < -0.4 is 0 Å². The fraction of sp³-hybridized carbons (Fsp3) is 0.286. The molecule has 0 unspecified atom stereocenters. The van der Waals surface area contributed by atoms with Crippen molar-refractivity contribution in [3.05, 3.63) is 41.2 Å². The van der Waals surface area contributed by atoms with Crippen LogP contribution in [0.4, 0.5) is 0 Å². The average molecular weight is 288 g/mol. The fourth-order valence-corrected chi connectivity index (χ4v) is 1.91. The summed E-state index contributed by atoms with van der Waals surface area (Å²) >= 11 is 0. The van der Waals surface area contributed by atoms with Crippen LogP contribution in [0, 0.1) is 13.8 Å². The molecule has 1 heterocycles. The third-order valence-corrected chi connectivity index (χ3v) is 3.09. The summed E-state index contributed by atoms with van der Waals surface area (Å²) in [6, 6.07) is 7.64. The first kappa shape index (κ1) is 14.7. The normalized spacial score (nSPS) is 10.4. The molecule has 0 bridgehead atoms. The molecule has 7 heteroatoms. The number of carboxylic acids is 1. The maximum atomic E-state index is 12.1. The molecule has 1 aromatic heterocycles. The van der Waals surface area contributed by atoms with E-state index in [0.29, 0.717) is 5.69 Å². The van der Waals surface area contributed by atoms with Crippen molar-refractivity contribution >= 4 is 11.9 Å². The molecule has 0 saturated heterocycles. The van der Waals surface area contributed by atoms with Gasteiger partial charge in [-0.05, 0) is 26.0 Å². The fourth-order valence-electron chi connectivity index (χ4n) is 1.91. The van der Waals surface area contributed by atoms with Gasteiger partial charge in [0.15, 0.2) is 5.69 Å². The smallest absolute Gasteiger partial charge is 0.323 e. The van der Waals surface area contributed by atoms with Gasteiger partial charge in [0.1, 0.15) is 6.54 Å². The van der Waals surface area contributed by atoms with E-state index in [-0.39, 0.29) is 12.2 Å². The van der Waals surface area contributed by atoms with Crippen LogP contribution >= 0.6 is 0 Å². The molecule has 0 atom stereocenters. The first-order chi connectivity index (χ1) is 9.90. The molecule has 0 radical (unpaired) electrons. The number of carbonyl (C=O) groups excluding carboxylic acids is 1. The van der Waals surface area contributed by atoms with Crippen molar-refractivity contribution in [2.45, 2.75) is 13.8 Å². The average Bonchev–Trinajstić information content (AvgIpc) is 2.80. The number of aryl methyl sites for hydroxylation is 1. The van der Waals surface area contributed by atoms with E-state index >= 15 is 0 Å². The van der Waals surface area contributed by atoms with Gasteiger partial charge in [-0.2, -0.15) is 0 Å². The lowest BCUT2D eigenvalue weighted by molar-refractivity contribution is -0.137. The summed E-state index contributed by atoms with van der Waals surface area (Å²) in [6.45, 7) is 3.32. The van der Waals surface area contributed by atoms with Gasteiger partial charge in [-0.25, -0.2) is 4.68 Å². The number of hydrogen-bond donors (Lipinski definition) is 1. The van der Waals surface area contributed by atoms with Crippen LogP contribution in [-0.2, 0) is 4.79 Å². The maximum absolute atomic E-state index is 12.1. The molecular weight excluding hydrogens is 272 g/mol. The number of carboxylic acid groups (broad SMARTS) is 1. The highest BCUT2D eigenvalue weighted by atomic mass is 16.4. The van der Waals surface area contributed by atoms with Crippen LogP contribution in [0.3, 0.4) is 0 Å². The van der Waals surface area contributed by atoms with Crippen LogP contribution in [0.5, 0.6) is 0 Å². The summed E-state index contributed by atoms with van der Waals surface area (Å²) in [6.07, 6.45) is 0. The Hall–Kier alpha value is -2.70. The molecule has 0 aliphatic carbocycles. The Morgan fingerprint density at radius 2 is 1.86 bits per heavy atom. The van der Waals surface area contributed by atoms with Gasteiger partial charge >= 0.3 is 5.97 Å². The number of aromatic nitrogens is 3. The first-order valence-corrected chi connectivity index (χ1v) is 6.36. The Balaban J connectivity index is 2.30. The minimum atomic E-state index is -1.07. The van der Waals surface area contributed by atoms with Gasteiger partial charge in [-0.1, -0.05) is 22.9 Å². The van der Waals surface area contributed by atoms with Crippen molar-refractivity contribution in [2.24, 2.45) is 0 Å². The predicted molar refractivity (Wildman–Crippen MR) is 75.4 cm³/mol. The van der Waals surface area contributed by atoms with Gasteiger partial charge in [0.2, 0.25) is 0 Å². The number of amides is 1. The van der Waals surface area contributed by atoms with E-state index in [1.54, 1.807) is 11.6 Å². The second-order valence-electron chi connectivity index (χ2n) is 4.83. The largest absolute Gasteiger partial charge is 0.480 e. The van der Waals surface area contributed by atoms with Crippen LogP contribution in [0.1, 0.15) is 21.7 Å². The summed E-state index contributed by atoms with van der Waals surface area (Å²) in [5.74, 6) is -1.54. The first-order valence-electron chi connectivity index (χ1n) is 6.36. The molecule has 0 aliphatic heterocycles. The Morgan fingerprint density at radius 1 is 1.24 bits per heavy atom. The van der Waals surface area contributed by atoms with Gasteiger partial charge in [0.05, 0.1) is 11.4 Å². The third kappa shape index (κ3) is 3.07. The molecule has 110 valence electrons. The second-order valence-corrected chi connectivity index (χ2v) is 4.83. The maximum Gasteiger partial charge on any atom is 0.323 e. The lowest BCUT2D eigenvalue weighted by Gasteiger charge is -2.13. The lowest BCUT2D eigenvalue weighted by Crippen LogP contribution is -2.32. The zero-order valence-electron chi connectivity index (χ0n) is 12.1. The topological polar surface area (TPSA) is 88.3 Å². The zero-order chi connectivity index (χ0) is 15.6. The molecule has 2 rings (SSSR count). The van der Waals surface area contributed by atoms with E-state index in [2.05, 4.69) is 10.3 Å². The van der Waals surface area contributed by atoms with Gasteiger partial charge in [0, 0.05) is 7.05 Å². The minimum Gasteiger partial charge on any atom is -0.480 e. The highest BCUT2D eigenvalue weighted by Crippen LogP contribution is 2.14. The molecular formula is C14H16N4O3. The van der Waals surface area contributed by atoms with E-state index in [0.717, 1.165) is 16.2 Å². The van der Waals surface area contributed by atoms with Crippen LogP contribution in [0.25, 0.3) is 5.69 Å². The minimum absolute atomic E-state index is 0.152. The summed E-state index contributed by atoms with van der Waals surface area (Å²) < 4.78 is 1.56. The summed E-state index contributed by atoms with van der Waals surface area (Å²) in [5, 5.41) is 16.6. The zero-order valence-corrected chi connectivity index (χ0v) is 12.1. The SMILES string of the molecule is Cc1ccc(-n2nnc(C(=O)N(C)CC(=O)O)c2C)cc1. The van der Waals surface area contributed by atoms with Crippen molar-refractivity contribution in [3.63, 3.8) is 0 Å². The number of benzene rings is 1. The van der Waals surface area contributed by atoms with E-state index in [1.165, 1.54) is 7.05 Å². The van der Waals surface area contributed by atoms with Gasteiger partial charge in [0.25, 0.3) is 5.91 Å². The van der Waals surface area contributed by atoms with Crippen LogP contribution in [-0.4, -0.2) is 50.5 Å². The predicted octanol–water partition coefficient (Wildman–Crippen LogP) is 1.04. The molecule has 21 heavy (non-hydrogen) atoms. The van der Waals surface area contributed by atoms with Crippen molar-refractivity contribution in [3.8, 4) is 5.69 Å². The lowest BCUT2D eigenvalue weighted by atomic mass is 10.2. The Labute approximate surface area is 121 Å². The quantitative estimate of drug-likeness (QED) is 0.908.